The van der Waals surface area contributed by atoms with Crippen LogP contribution >= 0.6 is 0 Å². The van der Waals surface area contributed by atoms with Crippen molar-refractivity contribution in [2.24, 2.45) is 5.41 Å². The van der Waals surface area contributed by atoms with E-state index < -0.39 is 11.4 Å². The molecule has 1 fully saturated rings. The summed E-state index contributed by atoms with van der Waals surface area (Å²) in [6.07, 6.45) is 3.97. The van der Waals surface area contributed by atoms with Crippen LogP contribution in [0.4, 0.5) is 4.39 Å². The monoisotopic (exact) mass is 371 g/mol. The van der Waals surface area contributed by atoms with Gasteiger partial charge in [0.15, 0.2) is 5.69 Å². The smallest absolute Gasteiger partial charge is 0.311 e. The van der Waals surface area contributed by atoms with Crippen LogP contribution in [0.3, 0.4) is 0 Å². The Hall–Kier alpha value is -2.70. The first-order valence-electron chi connectivity index (χ1n) is 9.28. The second kappa shape index (κ2) is 6.48. The molecule has 1 aromatic heterocycles. The van der Waals surface area contributed by atoms with E-state index in [1.807, 2.05) is 0 Å². The third-order valence-electron chi connectivity index (χ3n) is 5.71. The number of hydrogen-bond acceptors (Lipinski definition) is 3. The SMILES string of the molecule is CC1(C(=O)O)CCN(C(=O)c2nn(-c3cccc(F)c3)c3c2CCCC3)C1. The molecule has 7 heteroatoms. The first kappa shape index (κ1) is 17.7. The molecule has 2 aromatic rings. The van der Waals surface area contributed by atoms with Gasteiger partial charge in [-0.25, -0.2) is 9.07 Å². The Labute approximate surface area is 156 Å². The van der Waals surface area contributed by atoms with Crippen LogP contribution in [0, 0.1) is 11.2 Å². The third-order valence-corrected chi connectivity index (χ3v) is 5.71. The minimum Gasteiger partial charge on any atom is -0.481 e. The van der Waals surface area contributed by atoms with Gasteiger partial charge in [-0.15, -0.1) is 0 Å². The van der Waals surface area contributed by atoms with Gasteiger partial charge in [0.1, 0.15) is 5.82 Å². The Morgan fingerprint density at radius 2 is 2.04 bits per heavy atom. The second-order valence-electron chi connectivity index (χ2n) is 7.72. The lowest BCUT2D eigenvalue weighted by Crippen LogP contribution is -2.35. The van der Waals surface area contributed by atoms with Crippen molar-refractivity contribution in [2.75, 3.05) is 13.1 Å². The number of fused-ring (bicyclic) bond motifs is 1. The van der Waals surface area contributed by atoms with Gasteiger partial charge in [0.25, 0.3) is 5.91 Å². The van der Waals surface area contributed by atoms with Crippen LogP contribution in [0.25, 0.3) is 5.69 Å². The third kappa shape index (κ3) is 3.01. The Morgan fingerprint density at radius 3 is 2.74 bits per heavy atom. The predicted octanol–water partition coefficient (Wildman–Crippen LogP) is 2.83. The number of amides is 1. The highest BCUT2D eigenvalue weighted by molar-refractivity contribution is 5.95. The molecule has 2 heterocycles. The second-order valence-corrected chi connectivity index (χ2v) is 7.72. The van der Waals surface area contributed by atoms with E-state index in [0.717, 1.165) is 36.9 Å². The number of rotatable bonds is 3. The maximum absolute atomic E-state index is 13.7. The fourth-order valence-electron chi connectivity index (χ4n) is 4.05. The fraction of sp³-hybridized carbons (Fsp3) is 0.450. The number of carbonyl (C=O) groups excluding carboxylic acids is 1. The fourth-order valence-corrected chi connectivity index (χ4v) is 4.05. The van der Waals surface area contributed by atoms with E-state index in [1.54, 1.807) is 28.6 Å². The normalized spacial score (nSPS) is 21.9. The lowest BCUT2D eigenvalue weighted by atomic mass is 9.90. The maximum Gasteiger partial charge on any atom is 0.311 e. The average Bonchev–Trinajstić information content (AvgIpc) is 3.24. The molecule has 0 spiro atoms. The van der Waals surface area contributed by atoms with Crippen molar-refractivity contribution in [3.05, 3.63) is 47.0 Å². The molecule has 1 atom stereocenters. The van der Waals surface area contributed by atoms with E-state index in [2.05, 4.69) is 5.10 Å². The molecule has 1 unspecified atom stereocenters. The Morgan fingerprint density at radius 1 is 1.26 bits per heavy atom. The van der Waals surface area contributed by atoms with Gasteiger partial charge in [-0.05, 0) is 57.2 Å². The van der Waals surface area contributed by atoms with Gasteiger partial charge in [0, 0.05) is 24.3 Å². The molecule has 4 rings (SSSR count). The van der Waals surface area contributed by atoms with Crippen molar-refractivity contribution in [1.82, 2.24) is 14.7 Å². The Kier molecular flexibility index (Phi) is 4.25. The molecule has 1 saturated heterocycles. The van der Waals surface area contributed by atoms with Crippen molar-refractivity contribution in [3.8, 4) is 5.69 Å². The van der Waals surface area contributed by atoms with Crippen LogP contribution in [0.15, 0.2) is 24.3 Å². The number of carbonyl (C=O) groups is 2. The number of carboxylic acid groups (broad SMARTS) is 1. The molecule has 142 valence electrons. The van der Waals surface area contributed by atoms with E-state index in [1.165, 1.54) is 12.1 Å². The summed E-state index contributed by atoms with van der Waals surface area (Å²) in [7, 11) is 0. The van der Waals surface area contributed by atoms with Gasteiger partial charge in [0.2, 0.25) is 0 Å². The molecule has 0 saturated carbocycles. The van der Waals surface area contributed by atoms with Crippen LogP contribution in [0.2, 0.25) is 0 Å². The van der Waals surface area contributed by atoms with Crippen molar-refractivity contribution in [1.29, 1.82) is 0 Å². The van der Waals surface area contributed by atoms with Gasteiger partial charge >= 0.3 is 5.97 Å². The van der Waals surface area contributed by atoms with Crippen LogP contribution in [-0.4, -0.2) is 44.8 Å². The van der Waals surface area contributed by atoms with E-state index in [4.69, 9.17) is 0 Å². The summed E-state index contributed by atoms with van der Waals surface area (Å²) in [5.74, 6) is -1.46. The number of carboxylic acids is 1. The molecule has 1 aromatic carbocycles. The average molecular weight is 371 g/mol. The van der Waals surface area contributed by atoms with Gasteiger partial charge in [0.05, 0.1) is 11.1 Å². The summed E-state index contributed by atoms with van der Waals surface area (Å²) >= 11 is 0. The number of aromatic nitrogens is 2. The quantitative estimate of drug-likeness (QED) is 0.900. The highest BCUT2D eigenvalue weighted by Gasteiger charge is 2.43. The zero-order chi connectivity index (χ0) is 19.2. The Bertz CT molecular complexity index is 923. The molecule has 1 N–H and O–H groups in total. The molecule has 0 radical (unpaired) electrons. The first-order valence-corrected chi connectivity index (χ1v) is 9.28. The number of halogens is 1. The molecule has 1 amide bonds. The van der Waals surface area contributed by atoms with Crippen molar-refractivity contribution < 1.29 is 19.1 Å². The van der Waals surface area contributed by atoms with Crippen LogP contribution in [0.5, 0.6) is 0 Å². The van der Waals surface area contributed by atoms with Crippen molar-refractivity contribution in [3.63, 3.8) is 0 Å². The minimum atomic E-state index is -0.916. The van der Waals surface area contributed by atoms with E-state index >= 15 is 0 Å². The van der Waals surface area contributed by atoms with Gasteiger partial charge in [-0.1, -0.05) is 6.07 Å². The maximum atomic E-state index is 13.7. The molecule has 1 aliphatic heterocycles. The van der Waals surface area contributed by atoms with E-state index in [0.29, 0.717) is 24.3 Å². The zero-order valence-electron chi connectivity index (χ0n) is 15.2. The van der Waals surface area contributed by atoms with Crippen LogP contribution < -0.4 is 0 Å². The molecule has 0 bridgehead atoms. The summed E-state index contributed by atoms with van der Waals surface area (Å²) in [4.78, 5) is 26.2. The molecule has 2 aliphatic rings. The van der Waals surface area contributed by atoms with E-state index in [-0.39, 0.29) is 18.3 Å². The van der Waals surface area contributed by atoms with Crippen molar-refractivity contribution in [2.45, 2.75) is 39.0 Å². The summed E-state index contributed by atoms with van der Waals surface area (Å²) in [6, 6.07) is 6.19. The molecule has 1 aliphatic carbocycles. The number of nitrogens with zero attached hydrogens (tertiary/aromatic N) is 3. The minimum absolute atomic E-state index is 0.183. The highest BCUT2D eigenvalue weighted by Crippen LogP contribution is 2.33. The Balaban J connectivity index is 1.71. The van der Waals surface area contributed by atoms with Crippen LogP contribution in [0.1, 0.15) is 47.9 Å². The van der Waals surface area contributed by atoms with Crippen LogP contribution in [-0.2, 0) is 17.6 Å². The molecule has 27 heavy (non-hydrogen) atoms. The van der Waals surface area contributed by atoms with Gasteiger partial charge in [-0.2, -0.15) is 5.10 Å². The summed E-state index contributed by atoms with van der Waals surface area (Å²) in [5, 5.41) is 14.0. The zero-order valence-corrected chi connectivity index (χ0v) is 15.2. The summed E-state index contributed by atoms with van der Waals surface area (Å²) < 4.78 is 15.4. The number of aliphatic carboxylic acids is 1. The number of hydrogen-bond donors (Lipinski definition) is 1. The molecule has 6 nitrogen and oxygen atoms in total. The molecular weight excluding hydrogens is 349 g/mol. The lowest BCUT2D eigenvalue weighted by Gasteiger charge is -2.20. The molecular formula is C20H22FN3O3. The number of benzene rings is 1. The predicted molar refractivity (Wildman–Crippen MR) is 96.4 cm³/mol. The lowest BCUT2D eigenvalue weighted by molar-refractivity contribution is -0.147. The topological polar surface area (TPSA) is 75.4 Å². The summed E-state index contributed by atoms with van der Waals surface area (Å²) in [6.45, 7) is 2.26. The van der Waals surface area contributed by atoms with Gasteiger partial charge in [-0.3, -0.25) is 9.59 Å². The standard InChI is InChI=1S/C20H22FN3O3/c1-20(19(26)27)9-10-23(12-20)18(25)17-15-7-2-3-8-16(15)24(22-17)14-6-4-5-13(21)11-14/h4-6,11H,2-3,7-10,12H2,1H3,(H,26,27). The summed E-state index contributed by atoms with van der Waals surface area (Å²) in [5.41, 5.74) is 1.93. The highest BCUT2D eigenvalue weighted by atomic mass is 19.1. The van der Waals surface area contributed by atoms with E-state index in [9.17, 15) is 19.1 Å². The first-order chi connectivity index (χ1) is 12.9. The van der Waals surface area contributed by atoms with Crippen molar-refractivity contribution >= 4 is 11.9 Å². The van der Waals surface area contributed by atoms with Gasteiger partial charge < -0.3 is 10.0 Å². The largest absolute Gasteiger partial charge is 0.481 e. The number of likely N-dealkylation sites (tertiary alicyclic amines) is 1.